The summed E-state index contributed by atoms with van der Waals surface area (Å²) in [5.74, 6) is -1.36. The molecule has 2 N–H and O–H groups in total. The Kier molecular flexibility index (Phi) is 8.12. The summed E-state index contributed by atoms with van der Waals surface area (Å²) in [6.45, 7) is 6.80. The SMILES string of the molecule is CCc1ccc(C(C)NC(=O)COC(=O)[C@@H]2CC(O)CN2S(=O)(=O)c2ccc(C)c(C)c2)cc1. The molecule has 1 saturated heterocycles. The number of rotatable bonds is 8. The van der Waals surface area contributed by atoms with Crippen molar-refractivity contribution in [3.05, 3.63) is 64.7 Å². The molecule has 3 rings (SSSR count). The fourth-order valence-electron chi connectivity index (χ4n) is 3.92. The summed E-state index contributed by atoms with van der Waals surface area (Å²) >= 11 is 0. The molecule has 9 heteroatoms. The van der Waals surface area contributed by atoms with E-state index in [2.05, 4.69) is 12.2 Å². The van der Waals surface area contributed by atoms with Gasteiger partial charge in [0.05, 0.1) is 17.0 Å². The van der Waals surface area contributed by atoms with Crippen molar-refractivity contribution in [2.24, 2.45) is 0 Å². The Morgan fingerprint density at radius 2 is 1.82 bits per heavy atom. The van der Waals surface area contributed by atoms with Gasteiger partial charge >= 0.3 is 5.97 Å². The van der Waals surface area contributed by atoms with E-state index in [0.717, 1.165) is 27.4 Å². The van der Waals surface area contributed by atoms with Crippen molar-refractivity contribution < 1.29 is 27.9 Å². The van der Waals surface area contributed by atoms with Gasteiger partial charge in [-0.05, 0) is 61.6 Å². The van der Waals surface area contributed by atoms with Crippen molar-refractivity contribution >= 4 is 21.9 Å². The lowest BCUT2D eigenvalue weighted by Crippen LogP contribution is -2.42. The van der Waals surface area contributed by atoms with Crippen molar-refractivity contribution in [2.75, 3.05) is 13.2 Å². The first-order valence-electron chi connectivity index (χ1n) is 11.3. The molecule has 0 radical (unpaired) electrons. The highest BCUT2D eigenvalue weighted by Crippen LogP contribution is 2.28. The van der Waals surface area contributed by atoms with Crippen LogP contribution < -0.4 is 5.32 Å². The van der Waals surface area contributed by atoms with Crippen LogP contribution in [-0.4, -0.2) is 55.0 Å². The monoisotopic (exact) mass is 488 g/mol. The van der Waals surface area contributed by atoms with Gasteiger partial charge in [-0.2, -0.15) is 4.31 Å². The normalized spacial score (nSPS) is 19.6. The van der Waals surface area contributed by atoms with Crippen LogP contribution in [-0.2, 0) is 30.8 Å². The molecular formula is C25H32N2O6S. The fraction of sp³-hybridized carbons (Fsp3) is 0.440. The number of hydrogen-bond acceptors (Lipinski definition) is 6. The molecule has 1 aliphatic heterocycles. The molecule has 0 spiro atoms. The van der Waals surface area contributed by atoms with Crippen LogP contribution in [0.1, 0.15) is 48.6 Å². The van der Waals surface area contributed by atoms with Crippen molar-refractivity contribution in [2.45, 2.75) is 63.6 Å². The maximum Gasteiger partial charge on any atom is 0.325 e. The van der Waals surface area contributed by atoms with Gasteiger partial charge in [-0.25, -0.2) is 8.42 Å². The third-order valence-electron chi connectivity index (χ3n) is 6.20. The smallest absolute Gasteiger partial charge is 0.325 e. The average molecular weight is 489 g/mol. The summed E-state index contributed by atoms with van der Waals surface area (Å²) in [5, 5.41) is 12.9. The van der Waals surface area contributed by atoms with Crippen molar-refractivity contribution in [1.82, 2.24) is 9.62 Å². The topological polar surface area (TPSA) is 113 Å². The van der Waals surface area contributed by atoms with Gasteiger partial charge in [0, 0.05) is 13.0 Å². The molecule has 1 amide bonds. The highest BCUT2D eigenvalue weighted by atomic mass is 32.2. The van der Waals surface area contributed by atoms with Crippen LogP contribution in [0.2, 0.25) is 0 Å². The van der Waals surface area contributed by atoms with Gasteiger partial charge in [-0.15, -0.1) is 0 Å². The predicted octanol–water partition coefficient (Wildman–Crippen LogP) is 2.41. The minimum Gasteiger partial charge on any atom is -0.454 e. The molecule has 0 bridgehead atoms. The Morgan fingerprint density at radius 3 is 2.44 bits per heavy atom. The summed E-state index contributed by atoms with van der Waals surface area (Å²) in [6, 6.07) is 11.1. The Bertz CT molecular complexity index is 1150. The number of amides is 1. The molecule has 0 saturated carbocycles. The number of esters is 1. The van der Waals surface area contributed by atoms with E-state index in [9.17, 15) is 23.1 Å². The van der Waals surface area contributed by atoms with E-state index < -0.39 is 40.7 Å². The molecule has 2 unspecified atom stereocenters. The first-order valence-corrected chi connectivity index (χ1v) is 12.8. The van der Waals surface area contributed by atoms with Gasteiger partial charge in [-0.1, -0.05) is 37.3 Å². The number of hydrogen-bond donors (Lipinski definition) is 2. The lowest BCUT2D eigenvalue weighted by atomic mass is 10.1. The zero-order chi connectivity index (χ0) is 25.0. The Hall–Kier alpha value is -2.75. The molecule has 0 aromatic heterocycles. The number of nitrogens with one attached hydrogen (secondary N) is 1. The second-order valence-corrected chi connectivity index (χ2v) is 10.6. The lowest BCUT2D eigenvalue weighted by molar-refractivity contribution is -0.151. The van der Waals surface area contributed by atoms with Crippen LogP contribution in [0.4, 0.5) is 0 Å². The van der Waals surface area contributed by atoms with Crippen LogP contribution in [0.5, 0.6) is 0 Å². The summed E-state index contributed by atoms with van der Waals surface area (Å²) in [4.78, 5) is 25.1. The van der Waals surface area contributed by atoms with Gasteiger partial charge < -0.3 is 15.2 Å². The van der Waals surface area contributed by atoms with Crippen molar-refractivity contribution in [3.63, 3.8) is 0 Å². The van der Waals surface area contributed by atoms with E-state index in [0.29, 0.717) is 0 Å². The van der Waals surface area contributed by atoms with Gasteiger partial charge in [-0.3, -0.25) is 9.59 Å². The minimum atomic E-state index is -4.03. The van der Waals surface area contributed by atoms with E-state index in [1.165, 1.54) is 11.6 Å². The number of aliphatic hydroxyl groups excluding tert-OH is 1. The molecule has 3 atom stereocenters. The van der Waals surface area contributed by atoms with Crippen LogP contribution >= 0.6 is 0 Å². The molecule has 0 aliphatic carbocycles. The van der Waals surface area contributed by atoms with Crippen LogP contribution in [0.25, 0.3) is 0 Å². The molecule has 184 valence electrons. The third kappa shape index (κ3) is 5.84. The number of aryl methyl sites for hydroxylation is 3. The Morgan fingerprint density at radius 1 is 1.15 bits per heavy atom. The average Bonchev–Trinajstić information content (AvgIpc) is 3.21. The summed E-state index contributed by atoms with van der Waals surface area (Å²) < 4.78 is 32.4. The second-order valence-electron chi connectivity index (χ2n) is 8.72. The van der Waals surface area contributed by atoms with Crippen molar-refractivity contribution in [3.8, 4) is 0 Å². The van der Waals surface area contributed by atoms with E-state index >= 15 is 0 Å². The maximum absolute atomic E-state index is 13.2. The second kappa shape index (κ2) is 10.7. The number of β-amino-alcohol motifs (C(OH)–C–C–N with tert-alkyl or cyclic N) is 1. The van der Waals surface area contributed by atoms with Crippen molar-refractivity contribution in [1.29, 1.82) is 0 Å². The lowest BCUT2D eigenvalue weighted by Gasteiger charge is -2.23. The molecule has 2 aromatic rings. The summed E-state index contributed by atoms with van der Waals surface area (Å²) in [7, 11) is -4.03. The van der Waals surface area contributed by atoms with Gasteiger partial charge in [0.15, 0.2) is 6.61 Å². The third-order valence-corrected chi connectivity index (χ3v) is 8.07. The number of benzene rings is 2. The van der Waals surface area contributed by atoms with Gasteiger partial charge in [0.1, 0.15) is 6.04 Å². The molecular weight excluding hydrogens is 456 g/mol. The van der Waals surface area contributed by atoms with Gasteiger partial charge in [0.2, 0.25) is 10.0 Å². The zero-order valence-electron chi connectivity index (χ0n) is 19.9. The van der Waals surface area contributed by atoms with Crippen LogP contribution in [0.15, 0.2) is 47.4 Å². The van der Waals surface area contributed by atoms with E-state index in [1.54, 1.807) is 19.1 Å². The number of sulfonamides is 1. The van der Waals surface area contributed by atoms with E-state index in [1.807, 2.05) is 38.1 Å². The van der Waals surface area contributed by atoms with E-state index in [4.69, 9.17) is 4.74 Å². The quantitative estimate of drug-likeness (QED) is 0.552. The van der Waals surface area contributed by atoms with Crippen LogP contribution in [0, 0.1) is 13.8 Å². The van der Waals surface area contributed by atoms with Gasteiger partial charge in [0.25, 0.3) is 5.91 Å². The summed E-state index contributed by atoms with van der Waals surface area (Å²) in [6.07, 6.45) is -0.174. The molecule has 1 heterocycles. The molecule has 2 aromatic carbocycles. The Labute approximate surface area is 201 Å². The highest BCUT2D eigenvalue weighted by Gasteiger charge is 2.44. The molecule has 1 aliphatic rings. The predicted molar refractivity (Wildman–Crippen MR) is 128 cm³/mol. The number of nitrogens with zero attached hydrogens (tertiary/aromatic N) is 1. The molecule has 1 fully saturated rings. The number of carbonyl (C=O) groups excluding carboxylic acids is 2. The van der Waals surface area contributed by atoms with E-state index in [-0.39, 0.29) is 23.9 Å². The first kappa shape index (κ1) is 25.9. The maximum atomic E-state index is 13.2. The molecule has 34 heavy (non-hydrogen) atoms. The number of carbonyl (C=O) groups is 2. The number of ether oxygens (including phenoxy) is 1. The summed E-state index contributed by atoms with van der Waals surface area (Å²) in [5.41, 5.74) is 3.85. The minimum absolute atomic E-state index is 0.0446. The molecule has 8 nitrogen and oxygen atoms in total. The first-order chi connectivity index (χ1) is 16.0. The Balaban J connectivity index is 1.63. The van der Waals surface area contributed by atoms with Crippen LogP contribution in [0.3, 0.4) is 0 Å². The standard InChI is InChI=1S/C25H32N2O6S/c1-5-19-7-9-20(10-8-19)18(4)26-24(29)15-33-25(30)23-13-21(28)14-27(23)34(31,32)22-11-6-16(2)17(3)12-22/h6-12,18,21,23,28H,5,13-15H2,1-4H3,(H,26,29)/t18?,21?,23-/m0/s1. The number of aliphatic hydroxyl groups is 1. The zero-order valence-corrected chi connectivity index (χ0v) is 20.8. The largest absolute Gasteiger partial charge is 0.454 e. The highest BCUT2D eigenvalue weighted by molar-refractivity contribution is 7.89. The fourth-order valence-corrected chi connectivity index (χ4v) is 5.63.